The van der Waals surface area contributed by atoms with E-state index in [1.807, 2.05) is 0 Å². The van der Waals surface area contributed by atoms with Crippen molar-refractivity contribution >= 4 is 17.6 Å². The number of hydrogen-bond acceptors (Lipinski definition) is 2. The zero-order chi connectivity index (χ0) is 10.9. The first-order valence-corrected chi connectivity index (χ1v) is 3.88. The van der Waals surface area contributed by atoms with Gasteiger partial charge < -0.3 is 10.2 Å². The SMILES string of the molecule is O=C(O)Cc1cc(Cl)c(O)c(F)c1F. The minimum atomic E-state index is -1.53. The summed E-state index contributed by atoms with van der Waals surface area (Å²) in [5.41, 5.74) is -0.405. The average Bonchev–Trinajstić information content (AvgIpc) is 2.10. The second-order valence-corrected chi connectivity index (χ2v) is 2.97. The number of carboxylic acids is 1. The molecule has 1 aromatic rings. The molecule has 0 atom stereocenters. The summed E-state index contributed by atoms with van der Waals surface area (Å²) in [5.74, 6) is -5.26. The van der Waals surface area contributed by atoms with Crippen LogP contribution in [0, 0.1) is 11.6 Å². The Kier molecular flexibility index (Phi) is 2.90. The summed E-state index contributed by atoms with van der Waals surface area (Å²) in [7, 11) is 0. The normalized spacial score (nSPS) is 10.2. The Bertz CT molecular complexity index is 393. The van der Waals surface area contributed by atoms with Crippen molar-refractivity contribution in [2.24, 2.45) is 0 Å². The minimum Gasteiger partial charge on any atom is -0.504 e. The lowest BCUT2D eigenvalue weighted by Gasteiger charge is -2.04. The molecular formula is C8H5ClF2O3. The number of carbonyl (C=O) groups is 1. The Balaban J connectivity index is 3.25. The summed E-state index contributed by atoms with van der Waals surface area (Å²) in [4.78, 5) is 10.2. The maximum absolute atomic E-state index is 12.9. The Hall–Kier alpha value is -1.36. The fourth-order valence-electron chi connectivity index (χ4n) is 0.926. The van der Waals surface area contributed by atoms with E-state index in [0.717, 1.165) is 6.07 Å². The van der Waals surface area contributed by atoms with Crippen molar-refractivity contribution < 1.29 is 23.8 Å². The first-order valence-electron chi connectivity index (χ1n) is 3.50. The van der Waals surface area contributed by atoms with Crippen molar-refractivity contribution in [3.05, 3.63) is 28.3 Å². The van der Waals surface area contributed by atoms with Crippen molar-refractivity contribution in [3.63, 3.8) is 0 Å². The molecule has 0 spiro atoms. The van der Waals surface area contributed by atoms with Gasteiger partial charge in [-0.1, -0.05) is 11.6 Å². The number of hydrogen-bond donors (Lipinski definition) is 2. The fourth-order valence-corrected chi connectivity index (χ4v) is 1.14. The molecule has 0 fully saturated rings. The Labute approximate surface area is 82.5 Å². The third kappa shape index (κ3) is 1.93. The van der Waals surface area contributed by atoms with E-state index in [2.05, 4.69) is 0 Å². The van der Waals surface area contributed by atoms with E-state index in [4.69, 9.17) is 21.8 Å². The van der Waals surface area contributed by atoms with Crippen LogP contribution >= 0.6 is 11.6 Å². The van der Waals surface area contributed by atoms with Gasteiger partial charge in [-0.25, -0.2) is 4.39 Å². The lowest BCUT2D eigenvalue weighted by Crippen LogP contribution is -2.04. The van der Waals surface area contributed by atoms with Crippen LogP contribution in [0.4, 0.5) is 8.78 Å². The highest BCUT2D eigenvalue weighted by molar-refractivity contribution is 6.32. The summed E-state index contributed by atoms with van der Waals surface area (Å²) in [6.45, 7) is 0. The van der Waals surface area contributed by atoms with E-state index in [1.54, 1.807) is 0 Å². The van der Waals surface area contributed by atoms with Gasteiger partial charge >= 0.3 is 5.97 Å². The molecule has 0 aliphatic heterocycles. The lowest BCUT2D eigenvalue weighted by molar-refractivity contribution is -0.136. The van der Waals surface area contributed by atoms with Crippen LogP contribution in [0.25, 0.3) is 0 Å². The number of aliphatic carboxylic acids is 1. The first kappa shape index (κ1) is 10.7. The summed E-state index contributed by atoms with van der Waals surface area (Å²) >= 11 is 5.32. The molecule has 0 bridgehead atoms. The maximum atomic E-state index is 12.9. The van der Waals surface area contributed by atoms with Crippen LogP contribution in [0.2, 0.25) is 5.02 Å². The van der Waals surface area contributed by atoms with Gasteiger partial charge in [0, 0.05) is 5.56 Å². The van der Waals surface area contributed by atoms with Crippen molar-refractivity contribution in [3.8, 4) is 5.75 Å². The Morgan fingerprint density at radius 1 is 1.43 bits per heavy atom. The monoisotopic (exact) mass is 222 g/mol. The largest absolute Gasteiger partial charge is 0.504 e. The number of aromatic hydroxyl groups is 1. The van der Waals surface area contributed by atoms with E-state index in [9.17, 15) is 13.6 Å². The van der Waals surface area contributed by atoms with Crippen molar-refractivity contribution in [1.29, 1.82) is 0 Å². The van der Waals surface area contributed by atoms with Gasteiger partial charge in [0.05, 0.1) is 11.4 Å². The summed E-state index contributed by atoms with van der Waals surface area (Å²) in [6, 6.07) is 0.878. The molecule has 3 nitrogen and oxygen atoms in total. The molecule has 0 radical (unpaired) electrons. The Morgan fingerprint density at radius 2 is 2.00 bits per heavy atom. The number of rotatable bonds is 2. The van der Waals surface area contributed by atoms with E-state index in [1.165, 1.54) is 0 Å². The topological polar surface area (TPSA) is 57.5 Å². The highest BCUT2D eigenvalue weighted by atomic mass is 35.5. The van der Waals surface area contributed by atoms with Gasteiger partial charge in [0.1, 0.15) is 0 Å². The molecule has 0 unspecified atom stereocenters. The highest BCUT2D eigenvalue weighted by Crippen LogP contribution is 2.30. The highest BCUT2D eigenvalue weighted by Gasteiger charge is 2.18. The molecule has 0 aliphatic rings. The van der Waals surface area contributed by atoms with E-state index < -0.39 is 40.4 Å². The third-order valence-corrected chi connectivity index (χ3v) is 1.84. The quantitative estimate of drug-likeness (QED) is 0.752. The molecule has 0 saturated heterocycles. The standard InChI is InChI=1S/C8H5ClF2O3/c9-4-1-3(2-5(12)13)6(10)7(11)8(4)14/h1,14H,2H2,(H,12,13). The number of carboxylic acid groups (broad SMARTS) is 1. The molecule has 76 valence electrons. The molecule has 1 rings (SSSR count). The van der Waals surface area contributed by atoms with Gasteiger partial charge in [-0.3, -0.25) is 4.79 Å². The fraction of sp³-hybridized carbons (Fsp3) is 0.125. The van der Waals surface area contributed by atoms with Gasteiger partial charge in [0.15, 0.2) is 11.6 Å². The molecular weight excluding hydrogens is 218 g/mol. The summed E-state index contributed by atoms with van der Waals surface area (Å²) < 4.78 is 25.7. The number of phenolic OH excluding ortho intramolecular Hbond substituents is 1. The van der Waals surface area contributed by atoms with Gasteiger partial charge in [-0.05, 0) is 6.07 Å². The van der Waals surface area contributed by atoms with Crippen LogP contribution in [0.5, 0.6) is 5.75 Å². The molecule has 6 heteroatoms. The van der Waals surface area contributed by atoms with E-state index in [-0.39, 0.29) is 0 Å². The van der Waals surface area contributed by atoms with Gasteiger partial charge in [-0.2, -0.15) is 4.39 Å². The Morgan fingerprint density at radius 3 is 2.50 bits per heavy atom. The molecule has 0 amide bonds. The molecule has 0 heterocycles. The van der Waals surface area contributed by atoms with Crippen molar-refractivity contribution in [1.82, 2.24) is 0 Å². The average molecular weight is 223 g/mol. The van der Waals surface area contributed by atoms with Crippen molar-refractivity contribution in [2.75, 3.05) is 0 Å². The second-order valence-electron chi connectivity index (χ2n) is 2.56. The molecule has 2 N–H and O–H groups in total. The molecule has 0 aliphatic carbocycles. The summed E-state index contributed by atoms with van der Waals surface area (Å²) in [6.07, 6.45) is -0.692. The van der Waals surface area contributed by atoms with Crippen LogP contribution in [-0.2, 0) is 11.2 Å². The van der Waals surface area contributed by atoms with E-state index in [0.29, 0.717) is 0 Å². The molecule has 0 aromatic heterocycles. The smallest absolute Gasteiger partial charge is 0.307 e. The second kappa shape index (κ2) is 3.79. The number of benzene rings is 1. The van der Waals surface area contributed by atoms with Crippen LogP contribution in [0.1, 0.15) is 5.56 Å². The zero-order valence-corrected chi connectivity index (χ0v) is 7.48. The lowest BCUT2D eigenvalue weighted by atomic mass is 10.1. The maximum Gasteiger partial charge on any atom is 0.307 e. The van der Waals surface area contributed by atoms with Gasteiger partial charge in [-0.15, -0.1) is 0 Å². The van der Waals surface area contributed by atoms with Crippen LogP contribution in [0.3, 0.4) is 0 Å². The van der Waals surface area contributed by atoms with Crippen LogP contribution < -0.4 is 0 Å². The first-order chi connectivity index (χ1) is 6.43. The number of halogens is 3. The third-order valence-electron chi connectivity index (χ3n) is 1.55. The predicted molar refractivity (Wildman–Crippen MR) is 44.4 cm³/mol. The zero-order valence-electron chi connectivity index (χ0n) is 6.72. The van der Waals surface area contributed by atoms with Crippen molar-refractivity contribution in [2.45, 2.75) is 6.42 Å². The van der Waals surface area contributed by atoms with Gasteiger partial charge in [0.2, 0.25) is 5.82 Å². The van der Waals surface area contributed by atoms with Gasteiger partial charge in [0.25, 0.3) is 0 Å². The molecule has 1 aromatic carbocycles. The van der Waals surface area contributed by atoms with Crippen LogP contribution in [0.15, 0.2) is 6.07 Å². The predicted octanol–water partition coefficient (Wildman–Crippen LogP) is 1.95. The molecule has 14 heavy (non-hydrogen) atoms. The number of phenols is 1. The van der Waals surface area contributed by atoms with Crippen LogP contribution in [-0.4, -0.2) is 16.2 Å². The minimum absolute atomic E-state index is 0.405. The van der Waals surface area contributed by atoms with E-state index >= 15 is 0 Å². The summed E-state index contributed by atoms with van der Waals surface area (Å²) in [5, 5.41) is 16.8. The molecule has 0 saturated carbocycles.